The van der Waals surface area contributed by atoms with Crippen LogP contribution >= 0.6 is 0 Å². The van der Waals surface area contributed by atoms with E-state index >= 15 is 0 Å². The summed E-state index contributed by atoms with van der Waals surface area (Å²) in [6.45, 7) is 5.14. The third-order valence-corrected chi connectivity index (χ3v) is 5.13. The predicted octanol–water partition coefficient (Wildman–Crippen LogP) is 1.76. The lowest BCUT2D eigenvalue weighted by Gasteiger charge is -2.35. The highest BCUT2D eigenvalue weighted by molar-refractivity contribution is 5.79. The molecule has 5 heteroatoms. The molecule has 1 aliphatic heterocycles. The van der Waals surface area contributed by atoms with Gasteiger partial charge >= 0.3 is 0 Å². The molecule has 0 aromatic heterocycles. The lowest BCUT2D eigenvalue weighted by molar-refractivity contribution is -0.124. The van der Waals surface area contributed by atoms with Gasteiger partial charge in [0.1, 0.15) is 5.54 Å². The van der Waals surface area contributed by atoms with Crippen molar-refractivity contribution in [2.75, 3.05) is 32.7 Å². The Bertz CT molecular complexity index is 581. The van der Waals surface area contributed by atoms with Crippen LogP contribution in [0.4, 0.5) is 0 Å². The molecule has 0 spiro atoms. The number of rotatable bonds is 5. The maximum atomic E-state index is 12.3. The van der Waals surface area contributed by atoms with Gasteiger partial charge in [-0.2, -0.15) is 5.26 Å². The van der Waals surface area contributed by atoms with Crippen LogP contribution < -0.4 is 5.32 Å². The third-order valence-electron chi connectivity index (χ3n) is 5.13. The summed E-state index contributed by atoms with van der Waals surface area (Å²) in [5, 5.41) is 12.3. The molecule has 1 N–H and O–H groups in total. The Balaban J connectivity index is 1.42. The molecule has 2 fully saturated rings. The Kier molecular flexibility index (Phi) is 5.49. The van der Waals surface area contributed by atoms with E-state index in [1.54, 1.807) is 0 Å². The lowest BCUT2D eigenvalue weighted by atomic mass is 10.00. The first kappa shape index (κ1) is 16.9. The van der Waals surface area contributed by atoms with Crippen molar-refractivity contribution in [3.8, 4) is 6.07 Å². The molecule has 1 heterocycles. The SMILES string of the molecule is N#CC1(NC(=O)CN2CCN(Cc3ccccc3)CC2)CCCC1. The van der Waals surface area contributed by atoms with Crippen molar-refractivity contribution >= 4 is 5.91 Å². The van der Waals surface area contributed by atoms with Crippen molar-refractivity contribution in [3.05, 3.63) is 35.9 Å². The lowest BCUT2D eigenvalue weighted by Crippen LogP contribution is -2.52. The summed E-state index contributed by atoms with van der Waals surface area (Å²) >= 11 is 0. The van der Waals surface area contributed by atoms with Gasteiger partial charge in [0.25, 0.3) is 0 Å². The Morgan fingerprint density at radius 3 is 2.33 bits per heavy atom. The monoisotopic (exact) mass is 326 g/mol. The van der Waals surface area contributed by atoms with Crippen LogP contribution in [-0.2, 0) is 11.3 Å². The molecule has 128 valence electrons. The molecule has 5 nitrogen and oxygen atoms in total. The highest BCUT2D eigenvalue weighted by Crippen LogP contribution is 2.28. The molecule has 24 heavy (non-hydrogen) atoms. The number of hydrogen-bond donors (Lipinski definition) is 1. The van der Waals surface area contributed by atoms with Gasteiger partial charge in [0.15, 0.2) is 0 Å². The van der Waals surface area contributed by atoms with Crippen LogP contribution in [0, 0.1) is 11.3 Å². The topological polar surface area (TPSA) is 59.4 Å². The van der Waals surface area contributed by atoms with Crippen molar-refractivity contribution < 1.29 is 4.79 Å². The smallest absolute Gasteiger partial charge is 0.235 e. The van der Waals surface area contributed by atoms with E-state index in [9.17, 15) is 10.1 Å². The summed E-state index contributed by atoms with van der Waals surface area (Å²) < 4.78 is 0. The number of nitriles is 1. The summed E-state index contributed by atoms with van der Waals surface area (Å²) in [6, 6.07) is 12.8. The van der Waals surface area contributed by atoms with Crippen LogP contribution in [0.2, 0.25) is 0 Å². The summed E-state index contributed by atoms with van der Waals surface area (Å²) in [5.41, 5.74) is 0.729. The number of hydrogen-bond acceptors (Lipinski definition) is 4. The number of piperazine rings is 1. The van der Waals surface area contributed by atoms with Gasteiger partial charge in [0.2, 0.25) is 5.91 Å². The molecule has 1 aromatic carbocycles. The van der Waals surface area contributed by atoms with Crippen molar-refractivity contribution in [3.63, 3.8) is 0 Å². The molecule has 3 rings (SSSR count). The molecule has 2 aliphatic rings. The van der Waals surface area contributed by atoms with Gasteiger partial charge in [-0.3, -0.25) is 14.6 Å². The number of carbonyl (C=O) groups excluding carboxylic acids is 1. The quantitative estimate of drug-likeness (QED) is 0.896. The minimum Gasteiger partial charge on any atom is -0.337 e. The van der Waals surface area contributed by atoms with E-state index in [2.05, 4.69) is 45.5 Å². The Labute approximate surface area is 144 Å². The molecule has 1 saturated carbocycles. The van der Waals surface area contributed by atoms with Gasteiger partial charge in [-0.1, -0.05) is 30.3 Å². The third kappa shape index (κ3) is 4.34. The van der Waals surface area contributed by atoms with Gasteiger partial charge in [-0.05, 0) is 31.2 Å². The van der Waals surface area contributed by atoms with Gasteiger partial charge in [0.05, 0.1) is 12.6 Å². The van der Waals surface area contributed by atoms with Crippen molar-refractivity contribution in [2.45, 2.75) is 37.8 Å². The molecule has 0 atom stereocenters. The van der Waals surface area contributed by atoms with Crippen LogP contribution in [0.3, 0.4) is 0 Å². The first-order valence-electron chi connectivity index (χ1n) is 8.90. The molecule has 0 unspecified atom stereocenters. The zero-order valence-electron chi connectivity index (χ0n) is 14.2. The Hall–Kier alpha value is -1.90. The molecule has 1 aromatic rings. The average molecular weight is 326 g/mol. The van der Waals surface area contributed by atoms with Crippen LogP contribution in [0.5, 0.6) is 0 Å². The Morgan fingerprint density at radius 1 is 1.08 bits per heavy atom. The maximum Gasteiger partial charge on any atom is 0.235 e. The number of nitrogens with zero attached hydrogens (tertiary/aromatic N) is 3. The van der Waals surface area contributed by atoms with E-state index in [-0.39, 0.29) is 5.91 Å². The van der Waals surface area contributed by atoms with Crippen molar-refractivity contribution in [1.29, 1.82) is 5.26 Å². The molecule has 1 aliphatic carbocycles. The normalized spacial score (nSPS) is 21.3. The summed E-state index contributed by atoms with van der Waals surface area (Å²) in [4.78, 5) is 16.9. The second kappa shape index (κ2) is 7.78. The van der Waals surface area contributed by atoms with Crippen molar-refractivity contribution in [2.24, 2.45) is 0 Å². The average Bonchev–Trinajstić information content (AvgIpc) is 3.06. The highest BCUT2D eigenvalue weighted by Gasteiger charge is 2.35. The largest absolute Gasteiger partial charge is 0.337 e. The summed E-state index contributed by atoms with van der Waals surface area (Å²) in [5.74, 6) is -0.00467. The highest BCUT2D eigenvalue weighted by atomic mass is 16.2. The standard InChI is InChI=1S/C19H26N4O/c20-16-19(8-4-5-9-19)21-18(24)15-23-12-10-22(11-13-23)14-17-6-2-1-3-7-17/h1-3,6-7H,4-5,8-15H2,(H,21,24). The number of amides is 1. The second-order valence-corrected chi connectivity index (χ2v) is 6.99. The van der Waals surface area contributed by atoms with Crippen LogP contribution in [0.15, 0.2) is 30.3 Å². The minimum atomic E-state index is -0.605. The van der Waals surface area contributed by atoms with Crippen LogP contribution in [0.25, 0.3) is 0 Å². The van der Waals surface area contributed by atoms with Gasteiger partial charge in [0, 0.05) is 32.7 Å². The maximum absolute atomic E-state index is 12.3. The summed E-state index contributed by atoms with van der Waals surface area (Å²) in [7, 11) is 0. The van der Waals surface area contributed by atoms with Crippen LogP contribution in [-0.4, -0.2) is 54.0 Å². The zero-order chi connectivity index (χ0) is 16.8. The van der Waals surface area contributed by atoms with Crippen LogP contribution in [0.1, 0.15) is 31.2 Å². The molecule has 0 radical (unpaired) electrons. The first-order chi connectivity index (χ1) is 11.7. The van der Waals surface area contributed by atoms with Crippen molar-refractivity contribution in [1.82, 2.24) is 15.1 Å². The fourth-order valence-electron chi connectivity index (χ4n) is 3.70. The number of nitrogens with one attached hydrogen (secondary N) is 1. The second-order valence-electron chi connectivity index (χ2n) is 6.99. The van der Waals surface area contributed by atoms with Gasteiger partial charge in [-0.15, -0.1) is 0 Å². The number of benzene rings is 1. The zero-order valence-corrected chi connectivity index (χ0v) is 14.2. The Morgan fingerprint density at radius 2 is 1.71 bits per heavy atom. The van der Waals surface area contributed by atoms with E-state index in [4.69, 9.17) is 0 Å². The first-order valence-corrected chi connectivity index (χ1v) is 8.90. The molecule has 0 bridgehead atoms. The molecule has 1 amide bonds. The van der Waals surface area contributed by atoms with Gasteiger partial charge < -0.3 is 5.32 Å². The van der Waals surface area contributed by atoms with E-state index in [1.165, 1.54) is 5.56 Å². The van der Waals surface area contributed by atoms with E-state index in [0.717, 1.165) is 58.4 Å². The minimum absolute atomic E-state index is 0.00467. The molecular formula is C19H26N4O. The van der Waals surface area contributed by atoms with Gasteiger partial charge in [-0.25, -0.2) is 0 Å². The van der Waals surface area contributed by atoms with E-state index in [0.29, 0.717) is 6.54 Å². The molecular weight excluding hydrogens is 300 g/mol. The van der Waals surface area contributed by atoms with E-state index < -0.39 is 5.54 Å². The fraction of sp³-hybridized carbons (Fsp3) is 0.579. The summed E-state index contributed by atoms with van der Waals surface area (Å²) in [6.07, 6.45) is 3.65. The predicted molar refractivity (Wildman–Crippen MR) is 93.1 cm³/mol. The van der Waals surface area contributed by atoms with E-state index in [1.807, 2.05) is 6.07 Å². The molecule has 1 saturated heterocycles. The number of carbonyl (C=O) groups is 1. The fourth-order valence-corrected chi connectivity index (χ4v) is 3.70.